The molecule has 1 amide bonds. The van der Waals surface area contributed by atoms with Gasteiger partial charge in [-0.15, -0.1) is 0 Å². The largest absolute Gasteiger partial charge is 0.394 e. The van der Waals surface area contributed by atoms with Gasteiger partial charge in [-0.2, -0.15) is 0 Å². The van der Waals surface area contributed by atoms with Crippen molar-refractivity contribution in [3.8, 4) is 0 Å². The van der Waals surface area contributed by atoms with E-state index in [4.69, 9.17) is 28.4 Å². The number of unbranched alkanes of at least 4 members (excludes halogenated alkanes) is 42. The molecule has 0 aromatic carbocycles. The van der Waals surface area contributed by atoms with E-state index in [1.807, 2.05) is 6.08 Å². The number of rotatable bonds is 58. The highest BCUT2D eigenvalue weighted by Crippen LogP contribution is 2.33. The predicted molar refractivity (Wildman–Crippen MR) is 351 cm³/mol. The zero-order chi connectivity index (χ0) is 65.4. The lowest BCUT2D eigenvalue weighted by molar-refractivity contribution is -0.379. The highest BCUT2D eigenvalue weighted by atomic mass is 16.8. The standard InChI is InChI=1S/C71H135NO18/c1-3-5-7-9-11-13-15-17-19-21-23-24-25-26-27-28-29-30-31-32-34-36-38-40-42-44-46-48-55(76)54(72-59(77)49-47-45-43-41-39-37-35-33-22-20-18-16-14-12-10-8-6-4-2)53-85-69-65(83)62(80)67(57(51-74)87-69)90-71-66(84)63(81)68(58(52-75)88-71)89-70-64(82)61(79)60(78)56(50-73)86-70/h46,48,54-58,60-71,73-76,78-84H,3-45,47,49-53H2,1-2H3,(H,72,77)/b48-46+. The van der Waals surface area contributed by atoms with E-state index in [-0.39, 0.29) is 18.9 Å². The van der Waals surface area contributed by atoms with Crippen LogP contribution in [0.15, 0.2) is 12.2 Å². The topological polar surface area (TPSA) is 307 Å². The van der Waals surface area contributed by atoms with Crippen molar-refractivity contribution in [1.29, 1.82) is 0 Å². The van der Waals surface area contributed by atoms with Crippen LogP contribution in [-0.4, -0.2) is 193 Å². The van der Waals surface area contributed by atoms with Gasteiger partial charge in [-0.25, -0.2) is 0 Å². The first-order valence-electron chi connectivity index (χ1n) is 36.9. The van der Waals surface area contributed by atoms with Crippen LogP contribution >= 0.6 is 0 Å². The Morgan fingerprint density at radius 1 is 0.389 bits per heavy atom. The van der Waals surface area contributed by atoms with Gasteiger partial charge in [0.2, 0.25) is 5.91 Å². The van der Waals surface area contributed by atoms with Crippen LogP contribution < -0.4 is 5.32 Å². The molecule has 3 fully saturated rings. The first-order chi connectivity index (χ1) is 43.8. The quantitative estimate of drug-likeness (QED) is 0.0199. The average Bonchev–Trinajstić information content (AvgIpc) is 1.17. The molecule has 3 aliphatic heterocycles. The molecule has 90 heavy (non-hydrogen) atoms. The summed E-state index contributed by atoms with van der Waals surface area (Å²) in [6.07, 6.45) is 33.3. The normalized spacial score (nSPS) is 28.0. The summed E-state index contributed by atoms with van der Waals surface area (Å²) >= 11 is 0. The van der Waals surface area contributed by atoms with Gasteiger partial charge in [0, 0.05) is 6.42 Å². The molecule has 532 valence electrons. The molecule has 0 spiro atoms. The maximum absolute atomic E-state index is 13.4. The Bertz CT molecular complexity index is 1680. The lowest BCUT2D eigenvalue weighted by Crippen LogP contribution is -2.66. The van der Waals surface area contributed by atoms with E-state index in [0.717, 1.165) is 44.9 Å². The zero-order valence-corrected chi connectivity index (χ0v) is 56.4. The van der Waals surface area contributed by atoms with Crippen LogP contribution in [0.1, 0.15) is 303 Å². The fraction of sp³-hybridized carbons (Fsp3) is 0.958. The monoisotopic (exact) mass is 1290 g/mol. The second kappa shape index (κ2) is 53.6. The summed E-state index contributed by atoms with van der Waals surface area (Å²) in [6.45, 7) is 1.78. The molecule has 17 atom stereocenters. The lowest BCUT2D eigenvalue weighted by Gasteiger charge is -2.48. The van der Waals surface area contributed by atoms with Crippen molar-refractivity contribution < 1.29 is 89.4 Å². The van der Waals surface area contributed by atoms with Gasteiger partial charge >= 0.3 is 0 Å². The molecular weight excluding hydrogens is 1150 g/mol. The third-order valence-corrected chi connectivity index (χ3v) is 18.8. The van der Waals surface area contributed by atoms with E-state index in [9.17, 15) is 61.0 Å². The summed E-state index contributed by atoms with van der Waals surface area (Å²) in [5.41, 5.74) is 0. The first-order valence-corrected chi connectivity index (χ1v) is 36.9. The summed E-state index contributed by atoms with van der Waals surface area (Å²) in [4.78, 5) is 13.4. The van der Waals surface area contributed by atoms with Crippen molar-refractivity contribution in [3.05, 3.63) is 12.2 Å². The minimum Gasteiger partial charge on any atom is -0.394 e. The SMILES string of the molecule is CCCCCCCCCCCCCCCCCCCCCCCCCCC/C=C/C(O)C(COC1OC(CO)C(OC2OC(CO)C(OC3OC(CO)C(O)C(O)C3O)C(O)C2O)C(O)C1O)NC(=O)CCCCCCCCCCCCCCCCCCCC. The summed E-state index contributed by atoms with van der Waals surface area (Å²) in [5, 5.41) is 121. The van der Waals surface area contributed by atoms with Crippen molar-refractivity contribution >= 4 is 5.91 Å². The molecule has 19 nitrogen and oxygen atoms in total. The van der Waals surface area contributed by atoms with E-state index in [2.05, 4.69) is 19.2 Å². The summed E-state index contributed by atoms with van der Waals surface area (Å²) < 4.78 is 34.4. The number of carbonyl (C=O) groups excluding carboxylic acids is 1. The Morgan fingerprint density at radius 3 is 1.04 bits per heavy atom. The predicted octanol–water partition coefficient (Wildman–Crippen LogP) is 10.4. The lowest BCUT2D eigenvalue weighted by atomic mass is 9.96. The maximum Gasteiger partial charge on any atom is 0.220 e. The Morgan fingerprint density at radius 2 is 0.689 bits per heavy atom. The van der Waals surface area contributed by atoms with E-state index < -0.39 is 124 Å². The van der Waals surface area contributed by atoms with Crippen molar-refractivity contribution in [2.45, 2.75) is 407 Å². The van der Waals surface area contributed by atoms with E-state index in [1.165, 1.54) is 231 Å². The van der Waals surface area contributed by atoms with Gasteiger partial charge in [-0.05, 0) is 19.3 Å². The van der Waals surface area contributed by atoms with Crippen molar-refractivity contribution in [2.24, 2.45) is 0 Å². The molecular formula is C71H135NO18. The molecule has 17 unspecified atom stereocenters. The fourth-order valence-corrected chi connectivity index (χ4v) is 12.8. The van der Waals surface area contributed by atoms with E-state index >= 15 is 0 Å². The van der Waals surface area contributed by atoms with Crippen molar-refractivity contribution in [2.75, 3.05) is 26.4 Å². The average molecular weight is 1290 g/mol. The third-order valence-electron chi connectivity index (χ3n) is 18.8. The first kappa shape index (κ1) is 82.8. The second-order valence-electron chi connectivity index (χ2n) is 26.8. The van der Waals surface area contributed by atoms with E-state index in [1.54, 1.807) is 6.08 Å². The summed E-state index contributed by atoms with van der Waals surface area (Å²) in [5.74, 6) is -0.269. The van der Waals surface area contributed by atoms with Crippen LogP contribution in [0.2, 0.25) is 0 Å². The Labute approximate surface area is 544 Å². The van der Waals surface area contributed by atoms with Crippen molar-refractivity contribution in [1.82, 2.24) is 5.32 Å². The van der Waals surface area contributed by atoms with Gasteiger partial charge in [0.15, 0.2) is 18.9 Å². The highest BCUT2D eigenvalue weighted by Gasteiger charge is 2.53. The van der Waals surface area contributed by atoms with Crippen LogP contribution in [0.4, 0.5) is 0 Å². The number of aliphatic hydroxyl groups excluding tert-OH is 11. The molecule has 0 bridgehead atoms. The van der Waals surface area contributed by atoms with Crippen LogP contribution in [-0.2, 0) is 33.2 Å². The summed E-state index contributed by atoms with van der Waals surface area (Å²) in [6, 6.07) is -0.969. The number of nitrogens with one attached hydrogen (secondary N) is 1. The zero-order valence-electron chi connectivity index (χ0n) is 56.4. The second-order valence-corrected chi connectivity index (χ2v) is 26.8. The van der Waals surface area contributed by atoms with Crippen LogP contribution in [0.25, 0.3) is 0 Å². The van der Waals surface area contributed by atoms with Crippen molar-refractivity contribution in [3.63, 3.8) is 0 Å². The van der Waals surface area contributed by atoms with Gasteiger partial charge in [0.1, 0.15) is 73.2 Å². The van der Waals surface area contributed by atoms with Gasteiger partial charge in [-0.1, -0.05) is 289 Å². The smallest absolute Gasteiger partial charge is 0.220 e. The van der Waals surface area contributed by atoms with Crippen LogP contribution in [0.5, 0.6) is 0 Å². The summed E-state index contributed by atoms with van der Waals surface area (Å²) in [7, 11) is 0. The number of amides is 1. The maximum atomic E-state index is 13.4. The minimum atomic E-state index is -1.98. The number of ether oxygens (including phenoxy) is 6. The molecule has 0 saturated carbocycles. The van der Waals surface area contributed by atoms with E-state index in [0.29, 0.717) is 6.42 Å². The molecule has 0 aromatic heterocycles. The Hall–Kier alpha value is -1.47. The Kier molecular flexibility index (Phi) is 49.3. The van der Waals surface area contributed by atoms with Crippen LogP contribution in [0.3, 0.4) is 0 Å². The molecule has 12 N–H and O–H groups in total. The van der Waals surface area contributed by atoms with Gasteiger partial charge < -0.3 is 89.9 Å². The molecule has 3 heterocycles. The number of hydrogen-bond acceptors (Lipinski definition) is 18. The van der Waals surface area contributed by atoms with Gasteiger partial charge in [-0.3, -0.25) is 4.79 Å². The Balaban J connectivity index is 1.41. The van der Waals surface area contributed by atoms with Gasteiger partial charge in [0.25, 0.3) is 0 Å². The number of carbonyl (C=O) groups is 1. The molecule has 0 aliphatic carbocycles. The molecule has 0 aromatic rings. The van der Waals surface area contributed by atoms with Gasteiger partial charge in [0.05, 0.1) is 38.6 Å². The fourth-order valence-electron chi connectivity index (χ4n) is 12.8. The third kappa shape index (κ3) is 35.0. The molecule has 0 radical (unpaired) electrons. The van der Waals surface area contributed by atoms with Crippen LogP contribution in [0, 0.1) is 0 Å². The molecule has 19 heteroatoms. The molecule has 3 rings (SSSR count). The molecule has 3 aliphatic rings. The number of allylic oxidation sites excluding steroid dienone is 1. The number of aliphatic hydroxyl groups is 11. The molecule has 3 saturated heterocycles. The number of hydrogen-bond donors (Lipinski definition) is 12. The highest BCUT2D eigenvalue weighted by molar-refractivity contribution is 5.76. The minimum absolute atomic E-state index is 0.250.